The maximum Gasteiger partial charge on any atom is 0.0505 e. The summed E-state index contributed by atoms with van der Waals surface area (Å²) in [4.78, 5) is 5.06. The summed E-state index contributed by atoms with van der Waals surface area (Å²) in [5.41, 5.74) is 20.9. The Labute approximate surface area is 342 Å². The van der Waals surface area contributed by atoms with Gasteiger partial charge in [-0.3, -0.25) is 0 Å². The molecule has 2 nitrogen and oxygen atoms in total. The van der Waals surface area contributed by atoms with Gasteiger partial charge in [0.1, 0.15) is 0 Å². The standard InChI is InChI=1S/C56H46N2/c1-55(2)49-25-13-12-24-47(49)48-38-46(32-33-50(48)55)58(44-22-10-5-11-23-44)52-27-15-19-42-35-37-56(54(42)52)36-34-41-18-14-26-51(53(41)56)57(43-20-8-4-9-21-43)45-30-28-40(29-31-45)39-16-6-3-7-17-39/h3-33,38H,34-37H2,1-2H3/t56-/m1/s1. The molecule has 11 rings (SSSR count). The zero-order valence-electron chi connectivity index (χ0n) is 33.2. The molecule has 3 aliphatic carbocycles. The fourth-order valence-electron chi connectivity index (χ4n) is 10.8. The van der Waals surface area contributed by atoms with Crippen LogP contribution in [0.2, 0.25) is 0 Å². The molecule has 0 saturated heterocycles. The van der Waals surface area contributed by atoms with Crippen LogP contribution >= 0.6 is 0 Å². The van der Waals surface area contributed by atoms with Crippen LogP contribution in [0.25, 0.3) is 22.3 Å². The molecule has 0 saturated carbocycles. The summed E-state index contributed by atoms with van der Waals surface area (Å²) in [6.45, 7) is 4.73. The third-order valence-corrected chi connectivity index (χ3v) is 13.4. The Balaban J connectivity index is 1.10. The number of benzene rings is 8. The number of fused-ring (bicyclic) bond motifs is 7. The van der Waals surface area contributed by atoms with Gasteiger partial charge in [0.25, 0.3) is 0 Å². The second-order valence-electron chi connectivity index (χ2n) is 16.9. The average molecular weight is 747 g/mol. The van der Waals surface area contributed by atoms with E-state index in [9.17, 15) is 0 Å². The zero-order chi connectivity index (χ0) is 38.8. The fourth-order valence-corrected chi connectivity index (χ4v) is 10.8. The van der Waals surface area contributed by atoms with Gasteiger partial charge in [0.2, 0.25) is 0 Å². The summed E-state index contributed by atoms with van der Waals surface area (Å²) in [7, 11) is 0. The third-order valence-electron chi connectivity index (χ3n) is 13.4. The largest absolute Gasteiger partial charge is 0.310 e. The SMILES string of the molecule is CC1(C)c2ccccc2-c2cc(N(c3ccccc3)c3cccc4c3[C@]3(CCc5cccc(N(c6ccccc6)c6ccc(-c7ccccc7)cc6)c53)CC4)ccc21. The smallest absolute Gasteiger partial charge is 0.0505 e. The number of rotatable bonds is 7. The summed E-state index contributed by atoms with van der Waals surface area (Å²) < 4.78 is 0. The highest BCUT2D eigenvalue weighted by molar-refractivity contribution is 5.89. The van der Waals surface area contributed by atoms with Crippen LogP contribution in [0.5, 0.6) is 0 Å². The normalized spacial score (nSPS) is 16.7. The molecule has 3 aliphatic rings. The number of hydrogen-bond donors (Lipinski definition) is 0. The van der Waals surface area contributed by atoms with Crippen molar-refractivity contribution < 1.29 is 0 Å². The molecule has 0 aliphatic heterocycles. The molecule has 1 atom stereocenters. The molecule has 0 amide bonds. The summed E-state index contributed by atoms with van der Waals surface area (Å²) in [5, 5.41) is 0. The van der Waals surface area contributed by atoms with E-state index in [1.807, 2.05) is 0 Å². The molecule has 280 valence electrons. The Kier molecular flexibility index (Phi) is 8.05. The number of nitrogens with zero attached hydrogens (tertiary/aromatic N) is 2. The first-order valence-electron chi connectivity index (χ1n) is 20.9. The van der Waals surface area contributed by atoms with Gasteiger partial charge in [0, 0.05) is 33.6 Å². The molecule has 0 radical (unpaired) electrons. The summed E-state index contributed by atoms with van der Waals surface area (Å²) in [6, 6.07) is 72.2. The predicted octanol–water partition coefficient (Wildman–Crippen LogP) is 14.8. The molecule has 0 fully saturated rings. The van der Waals surface area contributed by atoms with Crippen LogP contribution in [0.1, 0.15) is 60.1 Å². The van der Waals surface area contributed by atoms with Crippen LogP contribution in [-0.2, 0) is 23.7 Å². The lowest BCUT2D eigenvalue weighted by Crippen LogP contribution is -2.27. The van der Waals surface area contributed by atoms with E-state index in [0.29, 0.717) is 0 Å². The Morgan fingerprint density at radius 3 is 1.45 bits per heavy atom. The van der Waals surface area contributed by atoms with E-state index in [2.05, 4.69) is 218 Å². The number of anilines is 6. The Bertz CT molecular complexity index is 2800. The molecule has 8 aromatic rings. The van der Waals surface area contributed by atoms with Crippen molar-refractivity contribution in [2.24, 2.45) is 0 Å². The molecular weight excluding hydrogens is 701 g/mol. The van der Waals surface area contributed by atoms with Gasteiger partial charge in [0.05, 0.1) is 11.4 Å². The first kappa shape index (κ1) is 34.6. The molecule has 2 heteroatoms. The van der Waals surface area contributed by atoms with E-state index < -0.39 is 0 Å². The van der Waals surface area contributed by atoms with Gasteiger partial charge >= 0.3 is 0 Å². The lowest BCUT2D eigenvalue weighted by Gasteiger charge is -2.37. The van der Waals surface area contributed by atoms with Crippen LogP contribution in [0.3, 0.4) is 0 Å². The number of hydrogen-bond acceptors (Lipinski definition) is 2. The Hall–Kier alpha value is -6.64. The molecule has 0 aromatic heterocycles. The molecule has 58 heavy (non-hydrogen) atoms. The van der Waals surface area contributed by atoms with Gasteiger partial charge in [-0.2, -0.15) is 0 Å². The quantitative estimate of drug-likeness (QED) is 0.160. The van der Waals surface area contributed by atoms with Crippen LogP contribution in [-0.4, -0.2) is 0 Å². The lowest BCUT2D eigenvalue weighted by atomic mass is 9.74. The molecule has 0 bridgehead atoms. The topological polar surface area (TPSA) is 6.48 Å². The zero-order valence-corrected chi connectivity index (χ0v) is 33.2. The molecule has 1 spiro atoms. The Morgan fingerprint density at radius 1 is 0.379 bits per heavy atom. The highest BCUT2D eigenvalue weighted by Gasteiger charge is 2.49. The van der Waals surface area contributed by atoms with E-state index in [-0.39, 0.29) is 10.8 Å². The predicted molar refractivity (Wildman–Crippen MR) is 243 cm³/mol. The third kappa shape index (κ3) is 5.32. The van der Waals surface area contributed by atoms with Gasteiger partial charge in [-0.05, 0) is 142 Å². The number of para-hydroxylation sites is 2. The molecular formula is C56H46N2. The van der Waals surface area contributed by atoms with Crippen molar-refractivity contribution in [3.8, 4) is 22.3 Å². The van der Waals surface area contributed by atoms with E-state index in [1.165, 1.54) is 89.8 Å². The van der Waals surface area contributed by atoms with Gasteiger partial charge in [-0.25, -0.2) is 0 Å². The van der Waals surface area contributed by atoms with Crippen molar-refractivity contribution in [1.29, 1.82) is 0 Å². The highest BCUT2D eigenvalue weighted by Crippen LogP contribution is 2.60. The molecule has 8 aromatic carbocycles. The van der Waals surface area contributed by atoms with Gasteiger partial charge < -0.3 is 9.80 Å². The van der Waals surface area contributed by atoms with Crippen molar-refractivity contribution in [2.45, 2.75) is 50.4 Å². The van der Waals surface area contributed by atoms with Crippen molar-refractivity contribution in [1.82, 2.24) is 0 Å². The van der Waals surface area contributed by atoms with E-state index in [0.717, 1.165) is 25.7 Å². The van der Waals surface area contributed by atoms with Gasteiger partial charge in [0.15, 0.2) is 0 Å². The average Bonchev–Trinajstić information content (AvgIpc) is 3.93. The summed E-state index contributed by atoms with van der Waals surface area (Å²) in [5.74, 6) is 0. The van der Waals surface area contributed by atoms with Crippen molar-refractivity contribution >= 4 is 34.1 Å². The van der Waals surface area contributed by atoms with Gasteiger partial charge in [-0.15, -0.1) is 0 Å². The van der Waals surface area contributed by atoms with Crippen LogP contribution in [0, 0.1) is 0 Å². The van der Waals surface area contributed by atoms with Crippen molar-refractivity contribution in [3.05, 3.63) is 228 Å². The fraction of sp³-hybridized carbons (Fsp3) is 0.143. The van der Waals surface area contributed by atoms with Crippen LogP contribution < -0.4 is 9.80 Å². The second kappa shape index (κ2) is 13.5. The second-order valence-corrected chi connectivity index (χ2v) is 16.9. The molecule has 0 heterocycles. The molecule has 0 unspecified atom stereocenters. The van der Waals surface area contributed by atoms with Crippen molar-refractivity contribution in [3.63, 3.8) is 0 Å². The maximum atomic E-state index is 2.55. The Morgan fingerprint density at radius 2 is 0.845 bits per heavy atom. The van der Waals surface area contributed by atoms with Crippen LogP contribution in [0.4, 0.5) is 34.1 Å². The lowest BCUT2D eigenvalue weighted by molar-refractivity contribution is 0.508. The van der Waals surface area contributed by atoms with E-state index >= 15 is 0 Å². The molecule has 0 N–H and O–H groups in total. The highest BCUT2D eigenvalue weighted by atomic mass is 15.2. The minimum absolute atomic E-state index is 0.0451. The van der Waals surface area contributed by atoms with Gasteiger partial charge in [-0.1, -0.05) is 147 Å². The summed E-state index contributed by atoms with van der Waals surface area (Å²) >= 11 is 0. The maximum absolute atomic E-state index is 2.55. The first-order valence-corrected chi connectivity index (χ1v) is 20.9. The minimum atomic E-state index is -0.146. The van der Waals surface area contributed by atoms with E-state index in [1.54, 1.807) is 0 Å². The first-order chi connectivity index (χ1) is 28.5. The minimum Gasteiger partial charge on any atom is -0.310 e. The number of aryl methyl sites for hydroxylation is 2. The van der Waals surface area contributed by atoms with Crippen molar-refractivity contribution in [2.75, 3.05) is 9.80 Å². The van der Waals surface area contributed by atoms with Crippen LogP contribution in [0.15, 0.2) is 194 Å². The summed E-state index contributed by atoms with van der Waals surface area (Å²) in [6.07, 6.45) is 4.30. The van der Waals surface area contributed by atoms with E-state index in [4.69, 9.17) is 0 Å². The monoisotopic (exact) mass is 746 g/mol.